The summed E-state index contributed by atoms with van der Waals surface area (Å²) in [5.41, 5.74) is 1.57. The third-order valence-electron chi connectivity index (χ3n) is 2.40. The van der Waals surface area contributed by atoms with Gasteiger partial charge in [0.05, 0.1) is 0 Å². The van der Waals surface area contributed by atoms with Gasteiger partial charge in [-0.1, -0.05) is 18.6 Å². The molecule has 0 aliphatic heterocycles. The molecular weight excluding hydrogens is 202 g/mol. The molecule has 86 valence electrons. The minimum Gasteiger partial charge on any atom is -0.384 e. The fraction of sp³-hybridized carbons (Fsp3) is 0.385. The van der Waals surface area contributed by atoms with Crippen LogP contribution in [0, 0.1) is 0 Å². The molecule has 0 heterocycles. The highest BCUT2D eigenvalue weighted by molar-refractivity contribution is 5.83. The van der Waals surface area contributed by atoms with Crippen LogP contribution in [0.15, 0.2) is 24.3 Å². The second kappa shape index (κ2) is 7.63. The third-order valence-corrected chi connectivity index (χ3v) is 2.40. The van der Waals surface area contributed by atoms with Gasteiger partial charge in [0, 0.05) is 24.2 Å². The minimum atomic E-state index is 0.644. The van der Waals surface area contributed by atoms with Crippen molar-refractivity contribution in [2.45, 2.75) is 25.7 Å². The second-order valence-electron chi connectivity index (χ2n) is 3.65. The molecule has 0 aromatic heterocycles. The molecule has 0 atom stereocenters. The fourth-order valence-electron chi connectivity index (χ4n) is 1.51. The van der Waals surface area contributed by atoms with Gasteiger partial charge in [-0.3, -0.25) is 4.79 Å². The summed E-state index contributed by atoms with van der Waals surface area (Å²) >= 11 is 0. The van der Waals surface area contributed by atoms with E-state index in [9.17, 15) is 9.59 Å². The molecule has 0 saturated heterocycles. The zero-order valence-corrected chi connectivity index (χ0v) is 9.32. The van der Waals surface area contributed by atoms with Crippen LogP contribution in [0.25, 0.3) is 0 Å². The van der Waals surface area contributed by atoms with Crippen molar-refractivity contribution in [3.8, 4) is 0 Å². The van der Waals surface area contributed by atoms with Crippen LogP contribution in [0.3, 0.4) is 0 Å². The Morgan fingerprint density at radius 2 is 1.88 bits per heavy atom. The van der Waals surface area contributed by atoms with Crippen molar-refractivity contribution in [3.63, 3.8) is 0 Å². The number of benzene rings is 1. The first-order valence-corrected chi connectivity index (χ1v) is 5.60. The summed E-state index contributed by atoms with van der Waals surface area (Å²) in [7, 11) is 0. The van der Waals surface area contributed by atoms with Crippen LogP contribution in [0.1, 0.15) is 36.0 Å². The van der Waals surface area contributed by atoms with Crippen LogP contribution >= 0.6 is 0 Å². The average molecular weight is 219 g/mol. The Morgan fingerprint density at radius 3 is 2.62 bits per heavy atom. The molecule has 0 fully saturated rings. The maximum atomic E-state index is 10.7. The van der Waals surface area contributed by atoms with Crippen molar-refractivity contribution in [2.24, 2.45) is 0 Å². The zero-order chi connectivity index (χ0) is 11.6. The smallest absolute Gasteiger partial charge is 0.152 e. The molecule has 1 rings (SSSR count). The summed E-state index contributed by atoms with van der Waals surface area (Å²) in [5.74, 6) is 0. The lowest BCUT2D eigenvalue weighted by atomic mass is 10.1. The molecule has 0 aliphatic carbocycles. The monoisotopic (exact) mass is 219 g/mol. The highest BCUT2D eigenvalue weighted by Crippen LogP contribution is 2.12. The number of anilines is 1. The van der Waals surface area contributed by atoms with E-state index in [1.165, 1.54) is 0 Å². The number of hydrogen-bond acceptors (Lipinski definition) is 3. The zero-order valence-electron chi connectivity index (χ0n) is 9.32. The van der Waals surface area contributed by atoms with Crippen LogP contribution in [-0.2, 0) is 4.79 Å². The number of hydrogen-bond donors (Lipinski definition) is 1. The minimum absolute atomic E-state index is 0.644. The Hall–Kier alpha value is -1.64. The summed E-state index contributed by atoms with van der Waals surface area (Å²) in [6.07, 6.45) is 5.45. The van der Waals surface area contributed by atoms with Crippen molar-refractivity contribution >= 4 is 18.3 Å². The number of carbonyl (C=O) groups is 2. The van der Waals surface area contributed by atoms with Gasteiger partial charge in [0.25, 0.3) is 0 Å². The van der Waals surface area contributed by atoms with Crippen LogP contribution < -0.4 is 5.32 Å². The van der Waals surface area contributed by atoms with Gasteiger partial charge in [0.15, 0.2) is 6.29 Å². The molecule has 1 aromatic carbocycles. The summed E-state index contributed by atoms with van der Waals surface area (Å²) in [6.45, 7) is 0.837. The Morgan fingerprint density at radius 1 is 1.06 bits per heavy atom. The maximum Gasteiger partial charge on any atom is 0.152 e. The molecule has 0 bridgehead atoms. The van der Waals surface area contributed by atoms with E-state index in [1.807, 2.05) is 18.2 Å². The molecule has 0 unspecified atom stereocenters. The van der Waals surface area contributed by atoms with Crippen LogP contribution in [0.4, 0.5) is 5.69 Å². The molecule has 16 heavy (non-hydrogen) atoms. The first-order valence-electron chi connectivity index (χ1n) is 5.60. The van der Waals surface area contributed by atoms with Crippen LogP contribution in [-0.4, -0.2) is 19.1 Å². The molecular formula is C13H17NO2. The van der Waals surface area contributed by atoms with E-state index in [1.54, 1.807) is 6.07 Å². The van der Waals surface area contributed by atoms with Crippen LogP contribution in [0.2, 0.25) is 0 Å². The van der Waals surface area contributed by atoms with Gasteiger partial charge in [-0.25, -0.2) is 0 Å². The Bertz CT molecular complexity index is 336. The number of carbonyl (C=O) groups excluding carboxylic acids is 2. The van der Waals surface area contributed by atoms with Crippen molar-refractivity contribution in [1.29, 1.82) is 0 Å². The second-order valence-corrected chi connectivity index (χ2v) is 3.65. The predicted octanol–water partition coefficient (Wildman–Crippen LogP) is 2.67. The number of para-hydroxylation sites is 1. The maximum absolute atomic E-state index is 10.7. The summed E-state index contributed by atoms with van der Waals surface area (Å²) in [6, 6.07) is 7.44. The number of rotatable bonds is 8. The summed E-state index contributed by atoms with van der Waals surface area (Å²) in [4.78, 5) is 20.8. The predicted molar refractivity (Wildman–Crippen MR) is 64.9 cm³/mol. The van der Waals surface area contributed by atoms with Crippen molar-refractivity contribution in [2.75, 3.05) is 11.9 Å². The van der Waals surface area contributed by atoms with Gasteiger partial charge < -0.3 is 10.1 Å². The lowest BCUT2D eigenvalue weighted by molar-refractivity contribution is -0.107. The molecule has 0 radical (unpaired) electrons. The Labute approximate surface area is 95.9 Å². The molecule has 0 spiro atoms. The average Bonchev–Trinajstić information content (AvgIpc) is 2.34. The van der Waals surface area contributed by atoms with E-state index in [0.717, 1.165) is 44.1 Å². The van der Waals surface area contributed by atoms with Gasteiger partial charge in [-0.05, 0) is 25.0 Å². The molecule has 0 amide bonds. The van der Waals surface area contributed by atoms with Gasteiger partial charge in [-0.2, -0.15) is 0 Å². The highest BCUT2D eigenvalue weighted by atomic mass is 16.1. The number of aldehydes is 2. The van der Waals surface area contributed by atoms with Gasteiger partial charge in [-0.15, -0.1) is 0 Å². The van der Waals surface area contributed by atoms with E-state index in [4.69, 9.17) is 0 Å². The molecule has 1 aromatic rings. The van der Waals surface area contributed by atoms with E-state index < -0.39 is 0 Å². The first-order chi connectivity index (χ1) is 7.88. The molecule has 3 heteroatoms. The standard InChI is InChI=1S/C13H17NO2/c15-10-6-2-1-5-9-14-13-8-4-3-7-12(13)11-16/h3-4,7-8,10-11,14H,1-2,5-6,9H2. The lowest BCUT2D eigenvalue weighted by Gasteiger charge is -2.07. The molecule has 3 nitrogen and oxygen atoms in total. The van der Waals surface area contributed by atoms with E-state index in [-0.39, 0.29) is 0 Å². The molecule has 0 aliphatic rings. The van der Waals surface area contributed by atoms with Gasteiger partial charge in [0.2, 0.25) is 0 Å². The quantitative estimate of drug-likeness (QED) is 0.540. The summed E-state index contributed by atoms with van der Waals surface area (Å²) < 4.78 is 0. The number of unbranched alkanes of at least 4 members (excludes halogenated alkanes) is 3. The number of nitrogens with one attached hydrogen (secondary N) is 1. The van der Waals surface area contributed by atoms with Gasteiger partial charge in [0.1, 0.15) is 6.29 Å². The molecule has 1 N–H and O–H groups in total. The lowest BCUT2D eigenvalue weighted by Crippen LogP contribution is -2.03. The topological polar surface area (TPSA) is 46.2 Å². The fourth-order valence-corrected chi connectivity index (χ4v) is 1.51. The van der Waals surface area contributed by atoms with Gasteiger partial charge >= 0.3 is 0 Å². The highest BCUT2D eigenvalue weighted by Gasteiger charge is 1.98. The van der Waals surface area contributed by atoms with Crippen molar-refractivity contribution in [3.05, 3.63) is 29.8 Å². The Balaban J connectivity index is 2.26. The summed E-state index contributed by atoms with van der Waals surface area (Å²) in [5, 5.41) is 3.22. The Kier molecular flexibility index (Phi) is 5.92. The first kappa shape index (κ1) is 12.4. The third kappa shape index (κ3) is 4.26. The largest absolute Gasteiger partial charge is 0.384 e. The normalized spacial score (nSPS) is 9.75. The molecule has 0 saturated carbocycles. The van der Waals surface area contributed by atoms with E-state index in [0.29, 0.717) is 12.0 Å². The van der Waals surface area contributed by atoms with Crippen molar-refractivity contribution < 1.29 is 9.59 Å². The SMILES string of the molecule is O=CCCCCCNc1ccccc1C=O. The van der Waals surface area contributed by atoms with Crippen LogP contribution in [0.5, 0.6) is 0 Å². The van der Waals surface area contributed by atoms with E-state index in [2.05, 4.69) is 5.32 Å². The van der Waals surface area contributed by atoms with Crippen molar-refractivity contribution in [1.82, 2.24) is 0 Å². The van der Waals surface area contributed by atoms with E-state index >= 15 is 0 Å².